The highest BCUT2D eigenvalue weighted by molar-refractivity contribution is 6.29. The van der Waals surface area contributed by atoms with E-state index in [1.165, 1.54) is 12.3 Å². The molecule has 0 bridgehead atoms. The van der Waals surface area contributed by atoms with Crippen LogP contribution in [0.25, 0.3) is 5.65 Å². The summed E-state index contributed by atoms with van der Waals surface area (Å²) < 4.78 is 46.0. The Kier molecular flexibility index (Phi) is 4.82. The number of esters is 1. The molecule has 6 nitrogen and oxygen atoms in total. The number of carbonyl (C=O) groups is 1. The van der Waals surface area contributed by atoms with E-state index in [1.54, 1.807) is 13.0 Å². The lowest BCUT2D eigenvalue weighted by Gasteiger charge is -2.13. The third-order valence-corrected chi connectivity index (χ3v) is 3.78. The number of pyridine rings is 2. The van der Waals surface area contributed by atoms with Gasteiger partial charge in [0.1, 0.15) is 22.2 Å². The van der Waals surface area contributed by atoms with Crippen molar-refractivity contribution in [2.45, 2.75) is 19.5 Å². The molecule has 0 aliphatic rings. The molecule has 0 amide bonds. The van der Waals surface area contributed by atoms with Crippen molar-refractivity contribution in [2.75, 3.05) is 6.61 Å². The molecule has 0 N–H and O–H groups in total. The van der Waals surface area contributed by atoms with Gasteiger partial charge in [-0.25, -0.2) is 9.78 Å². The maximum atomic E-state index is 13.4. The molecule has 26 heavy (non-hydrogen) atoms. The van der Waals surface area contributed by atoms with Crippen molar-refractivity contribution in [2.24, 2.45) is 0 Å². The Morgan fingerprint density at radius 3 is 2.62 bits per heavy atom. The molecule has 0 radical (unpaired) electrons. The lowest BCUT2D eigenvalue weighted by atomic mass is 10.2. The Balaban J connectivity index is 2.15. The predicted molar refractivity (Wildman–Crippen MR) is 86.0 cm³/mol. The Labute approximate surface area is 150 Å². The van der Waals surface area contributed by atoms with E-state index in [4.69, 9.17) is 16.3 Å². The van der Waals surface area contributed by atoms with Crippen LogP contribution in [-0.2, 0) is 17.3 Å². The summed E-state index contributed by atoms with van der Waals surface area (Å²) in [5.74, 6) is -0.749. The number of hydrogen-bond acceptors (Lipinski definition) is 5. The van der Waals surface area contributed by atoms with Crippen LogP contribution in [0.4, 0.5) is 13.2 Å². The van der Waals surface area contributed by atoms with E-state index in [0.29, 0.717) is 5.56 Å². The van der Waals surface area contributed by atoms with Crippen LogP contribution in [0.1, 0.15) is 34.4 Å². The van der Waals surface area contributed by atoms with Crippen LogP contribution < -0.4 is 0 Å². The first kappa shape index (κ1) is 18.1. The minimum Gasteiger partial charge on any atom is -0.462 e. The molecule has 3 rings (SSSR count). The Morgan fingerprint density at radius 1 is 1.23 bits per heavy atom. The highest BCUT2D eigenvalue weighted by Crippen LogP contribution is 2.31. The number of ether oxygens (including phenoxy) is 1. The molecular formula is C16H12ClF3N4O2. The van der Waals surface area contributed by atoms with Crippen molar-refractivity contribution in [3.63, 3.8) is 0 Å². The Hall–Kier alpha value is -2.68. The van der Waals surface area contributed by atoms with E-state index in [2.05, 4.69) is 15.2 Å². The second-order valence-electron chi connectivity index (χ2n) is 5.29. The number of hydrogen-bond donors (Lipinski definition) is 0. The van der Waals surface area contributed by atoms with Crippen LogP contribution in [0.5, 0.6) is 0 Å². The minimum absolute atomic E-state index is 0.0163. The number of nitrogens with zero attached hydrogens (tertiary/aromatic N) is 4. The zero-order valence-corrected chi connectivity index (χ0v) is 14.2. The number of fused-ring (bicyclic) bond motifs is 1. The second-order valence-corrected chi connectivity index (χ2v) is 5.68. The number of aromatic nitrogens is 4. The van der Waals surface area contributed by atoms with E-state index >= 15 is 0 Å². The molecule has 0 saturated heterocycles. The van der Waals surface area contributed by atoms with E-state index in [9.17, 15) is 18.0 Å². The largest absolute Gasteiger partial charge is 0.462 e. The Morgan fingerprint density at radius 2 is 2.00 bits per heavy atom. The van der Waals surface area contributed by atoms with Crippen molar-refractivity contribution >= 4 is 23.2 Å². The van der Waals surface area contributed by atoms with E-state index in [0.717, 1.165) is 16.5 Å². The van der Waals surface area contributed by atoms with Gasteiger partial charge in [0.25, 0.3) is 0 Å². The van der Waals surface area contributed by atoms with Gasteiger partial charge in [0.05, 0.1) is 6.61 Å². The minimum atomic E-state index is -4.65. The van der Waals surface area contributed by atoms with Gasteiger partial charge in [-0.15, -0.1) is 10.2 Å². The third kappa shape index (κ3) is 3.48. The van der Waals surface area contributed by atoms with Gasteiger partial charge in [0, 0.05) is 12.6 Å². The lowest BCUT2D eigenvalue weighted by molar-refractivity contribution is -0.142. The van der Waals surface area contributed by atoms with E-state index in [-0.39, 0.29) is 35.2 Å². The molecule has 0 atom stereocenters. The van der Waals surface area contributed by atoms with Gasteiger partial charge in [0.15, 0.2) is 5.65 Å². The van der Waals surface area contributed by atoms with Gasteiger partial charge in [-0.2, -0.15) is 13.2 Å². The Bertz CT molecular complexity index is 955. The van der Waals surface area contributed by atoms with Crippen molar-refractivity contribution in [1.82, 2.24) is 19.6 Å². The SMILES string of the molecule is CCOC(=O)c1ccc(C(F)(F)F)n2c(Cc3ccc(Cl)nc3)nnc12. The van der Waals surface area contributed by atoms with E-state index < -0.39 is 17.8 Å². The standard InChI is InChI=1S/C16H12ClF3N4O2/c1-2-26-15(25)10-4-5-11(16(18,19)20)24-13(22-23-14(10)24)7-9-3-6-12(17)21-8-9/h3-6,8H,2,7H2,1H3. The molecule has 0 aliphatic carbocycles. The maximum absolute atomic E-state index is 13.4. The molecule has 0 aromatic carbocycles. The molecule has 0 aliphatic heterocycles. The van der Waals surface area contributed by atoms with Crippen LogP contribution >= 0.6 is 11.6 Å². The molecule has 136 valence electrons. The highest BCUT2D eigenvalue weighted by Gasteiger charge is 2.36. The normalized spacial score (nSPS) is 11.7. The van der Waals surface area contributed by atoms with Crippen LogP contribution in [0.15, 0.2) is 30.5 Å². The lowest BCUT2D eigenvalue weighted by Crippen LogP contribution is -2.16. The summed E-state index contributed by atoms with van der Waals surface area (Å²) in [6.45, 7) is 1.69. The molecule has 0 unspecified atom stereocenters. The molecular weight excluding hydrogens is 373 g/mol. The molecule has 3 aromatic rings. The van der Waals surface area contributed by atoms with Crippen LogP contribution in [-0.4, -0.2) is 32.2 Å². The van der Waals surface area contributed by atoms with Crippen molar-refractivity contribution in [3.8, 4) is 0 Å². The van der Waals surface area contributed by atoms with Crippen LogP contribution in [0.2, 0.25) is 5.15 Å². The van der Waals surface area contributed by atoms with Crippen LogP contribution in [0.3, 0.4) is 0 Å². The van der Waals surface area contributed by atoms with Gasteiger partial charge in [-0.3, -0.25) is 4.40 Å². The summed E-state index contributed by atoms with van der Waals surface area (Å²) in [5, 5.41) is 7.87. The number of carbonyl (C=O) groups excluding carboxylic acids is 1. The predicted octanol–water partition coefficient (Wildman–Crippen LogP) is 3.56. The smallest absolute Gasteiger partial charge is 0.431 e. The quantitative estimate of drug-likeness (QED) is 0.508. The summed E-state index contributed by atoms with van der Waals surface area (Å²) >= 11 is 5.71. The van der Waals surface area contributed by atoms with Crippen LogP contribution in [0, 0.1) is 0 Å². The zero-order chi connectivity index (χ0) is 18.9. The number of alkyl halides is 3. The zero-order valence-electron chi connectivity index (χ0n) is 13.4. The topological polar surface area (TPSA) is 69.4 Å². The summed E-state index contributed by atoms with van der Waals surface area (Å²) in [6.07, 6.45) is -3.19. The van der Waals surface area contributed by atoms with E-state index in [1.807, 2.05) is 0 Å². The van der Waals surface area contributed by atoms with Gasteiger partial charge >= 0.3 is 12.1 Å². The van der Waals surface area contributed by atoms with Crippen molar-refractivity contribution < 1.29 is 22.7 Å². The summed E-state index contributed by atoms with van der Waals surface area (Å²) in [4.78, 5) is 15.9. The fourth-order valence-electron chi connectivity index (χ4n) is 2.45. The number of halogens is 4. The maximum Gasteiger partial charge on any atom is 0.431 e. The van der Waals surface area contributed by atoms with Gasteiger partial charge < -0.3 is 4.74 Å². The fraction of sp³-hybridized carbons (Fsp3) is 0.250. The molecule has 0 saturated carbocycles. The summed E-state index contributed by atoms with van der Waals surface area (Å²) in [7, 11) is 0. The first-order valence-electron chi connectivity index (χ1n) is 7.53. The molecule has 0 spiro atoms. The average molecular weight is 385 g/mol. The molecule has 3 heterocycles. The van der Waals surface area contributed by atoms with Gasteiger partial charge in [-0.1, -0.05) is 17.7 Å². The van der Waals surface area contributed by atoms with Gasteiger partial charge in [-0.05, 0) is 30.7 Å². The molecule has 3 aromatic heterocycles. The molecule has 0 fully saturated rings. The third-order valence-electron chi connectivity index (χ3n) is 3.56. The summed E-state index contributed by atoms with van der Waals surface area (Å²) in [6, 6.07) is 5.00. The monoisotopic (exact) mass is 384 g/mol. The summed E-state index contributed by atoms with van der Waals surface area (Å²) in [5.41, 5.74) is -0.691. The fourth-order valence-corrected chi connectivity index (χ4v) is 2.56. The average Bonchev–Trinajstić information content (AvgIpc) is 2.99. The van der Waals surface area contributed by atoms with Gasteiger partial charge in [0.2, 0.25) is 0 Å². The highest BCUT2D eigenvalue weighted by atomic mass is 35.5. The first-order valence-corrected chi connectivity index (χ1v) is 7.90. The number of rotatable bonds is 4. The second kappa shape index (κ2) is 6.91. The first-order chi connectivity index (χ1) is 12.3. The van der Waals surface area contributed by atoms with Crippen molar-refractivity contribution in [3.05, 3.63) is 58.3 Å². The van der Waals surface area contributed by atoms with Crippen molar-refractivity contribution in [1.29, 1.82) is 0 Å². The molecule has 10 heteroatoms.